The number of benzene rings is 1. The van der Waals surface area contributed by atoms with Gasteiger partial charge in [-0.15, -0.1) is 0 Å². The molecule has 1 aromatic carbocycles. The zero-order valence-electron chi connectivity index (χ0n) is 17.5. The van der Waals surface area contributed by atoms with E-state index < -0.39 is 11.6 Å². The predicted octanol–water partition coefficient (Wildman–Crippen LogP) is 6.72. The second kappa shape index (κ2) is 10.5. The lowest BCUT2D eigenvalue weighted by Gasteiger charge is -2.25. The molecule has 1 aliphatic carbocycles. The normalized spacial score (nSPS) is 18.9. The zero-order chi connectivity index (χ0) is 20.6. The molecule has 1 fully saturated rings. The van der Waals surface area contributed by atoms with Crippen molar-refractivity contribution < 1.29 is 8.78 Å². The Morgan fingerprint density at radius 3 is 2.21 bits per heavy atom. The summed E-state index contributed by atoms with van der Waals surface area (Å²) in [5.41, 5.74) is 1.21. The molecular weight excluding hydrogens is 366 g/mol. The summed E-state index contributed by atoms with van der Waals surface area (Å²) < 4.78 is 29.1. The Kier molecular flexibility index (Phi) is 7.75. The van der Waals surface area contributed by atoms with Crippen LogP contribution in [0.15, 0.2) is 24.5 Å². The highest BCUT2D eigenvalue weighted by molar-refractivity contribution is 5.57. The summed E-state index contributed by atoms with van der Waals surface area (Å²) in [6, 6.07) is 2.56. The number of nitrogens with zero attached hydrogens (tertiary/aromatic N) is 2. The second-order valence-electron chi connectivity index (χ2n) is 8.11. The van der Waals surface area contributed by atoms with Crippen molar-refractivity contribution in [2.24, 2.45) is 11.8 Å². The first-order valence-electron chi connectivity index (χ1n) is 10.9. The minimum absolute atomic E-state index is 0.149. The number of aryl methyl sites for hydroxylation is 1. The Bertz CT molecular complexity index is 834. The van der Waals surface area contributed by atoms with Crippen LogP contribution in [0.1, 0.15) is 76.3 Å². The number of rotatable bonds is 6. The van der Waals surface area contributed by atoms with Gasteiger partial charge in [0.25, 0.3) is 0 Å². The summed E-state index contributed by atoms with van der Waals surface area (Å²) in [7, 11) is 0. The Morgan fingerprint density at radius 1 is 0.966 bits per heavy atom. The van der Waals surface area contributed by atoms with Gasteiger partial charge in [-0.05, 0) is 55.7 Å². The molecule has 0 N–H and O–H groups in total. The van der Waals surface area contributed by atoms with E-state index in [-0.39, 0.29) is 11.5 Å². The third-order valence-corrected chi connectivity index (χ3v) is 5.76. The summed E-state index contributed by atoms with van der Waals surface area (Å²) >= 11 is 0. The van der Waals surface area contributed by atoms with E-state index in [1.807, 2.05) is 0 Å². The number of halogens is 2. The smallest absolute Gasteiger partial charge is 0.159 e. The van der Waals surface area contributed by atoms with E-state index in [1.165, 1.54) is 44.2 Å². The van der Waals surface area contributed by atoms with Gasteiger partial charge < -0.3 is 0 Å². The molecule has 0 radical (unpaired) electrons. The summed E-state index contributed by atoms with van der Waals surface area (Å²) in [4.78, 5) is 8.49. The number of hydrogen-bond donors (Lipinski definition) is 0. The van der Waals surface area contributed by atoms with Crippen LogP contribution < -0.4 is 0 Å². The van der Waals surface area contributed by atoms with Crippen molar-refractivity contribution in [2.75, 3.05) is 0 Å². The molecule has 0 amide bonds. The van der Waals surface area contributed by atoms with Gasteiger partial charge in [0.1, 0.15) is 11.6 Å². The lowest BCUT2D eigenvalue weighted by molar-refractivity contribution is 0.296. The summed E-state index contributed by atoms with van der Waals surface area (Å²) in [5, 5.41) is 0. The fraction of sp³-hybridized carbons (Fsp3) is 0.520. The van der Waals surface area contributed by atoms with E-state index in [1.54, 1.807) is 12.4 Å². The molecule has 2 nitrogen and oxygen atoms in total. The van der Waals surface area contributed by atoms with E-state index in [2.05, 4.69) is 35.7 Å². The van der Waals surface area contributed by atoms with Gasteiger partial charge >= 0.3 is 0 Å². The van der Waals surface area contributed by atoms with Gasteiger partial charge in [-0.25, -0.2) is 18.7 Å². The van der Waals surface area contributed by atoms with Crippen molar-refractivity contribution in [3.05, 3.63) is 47.3 Å². The van der Waals surface area contributed by atoms with Crippen LogP contribution in [-0.4, -0.2) is 9.97 Å². The first kappa shape index (κ1) is 21.4. The van der Waals surface area contributed by atoms with Crippen molar-refractivity contribution in [2.45, 2.75) is 71.6 Å². The first-order valence-corrected chi connectivity index (χ1v) is 10.9. The average molecular weight is 397 g/mol. The fourth-order valence-electron chi connectivity index (χ4n) is 4.01. The molecule has 2 aromatic rings. The monoisotopic (exact) mass is 396 g/mol. The molecule has 1 saturated carbocycles. The predicted molar refractivity (Wildman–Crippen MR) is 113 cm³/mol. The third-order valence-electron chi connectivity index (χ3n) is 5.76. The number of unbranched alkanes of at least 4 members (excludes halogenated alkanes) is 1. The molecule has 1 heterocycles. The summed E-state index contributed by atoms with van der Waals surface area (Å²) in [5.74, 6) is 5.95. The van der Waals surface area contributed by atoms with Crippen LogP contribution in [0.2, 0.25) is 0 Å². The van der Waals surface area contributed by atoms with E-state index in [9.17, 15) is 8.78 Å². The van der Waals surface area contributed by atoms with Crippen LogP contribution in [0.4, 0.5) is 8.78 Å². The van der Waals surface area contributed by atoms with Crippen LogP contribution in [0.3, 0.4) is 0 Å². The minimum atomic E-state index is -0.648. The zero-order valence-corrected chi connectivity index (χ0v) is 17.5. The van der Waals surface area contributed by atoms with Gasteiger partial charge in [-0.2, -0.15) is 0 Å². The topological polar surface area (TPSA) is 25.8 Å². The fourth-order valence-corrected chi connectivity index (χ4v) is 4.01. The number of hydrogen-bond acceptors (Lipinski definition) is 2. The largest absolute Gasteiger partial charge is 0.236 e. The van der Waals surface area contributed by atoms with E-state index in [0.29, 0.717) is 11.4 Å². The summed E-state index contributed by atoms with van der Waals surface area (Å²) in [6.07, 6.45) is 13.5. The lowest BCUT2D eigenvalue weighted by atomic mass is 9.80. The minimum Gasteiger partial charge on any atom is -0.236 e. The van der Waals surface area contributed by atoms with Crippen molar-refractivity contribution in [3.8, 4) is 23.2 Å². The Morgan fingerprint density at radius 2 is 1.62 bits per heavy atom. The Hall–Kier alpha value is -2.28. The molecule has 29 heavy (non-hydrogen) atoms. The molecule has 4 heteroatoms. The molecule has 3 rings (SSSR count). The maximum absolute atomic E-state index is 14.6. The van der Waals surface area contributed by atoms with Crippen molar-refractivity contribution in [3.63, 3.8) is 0 Å². The standard InChI is InChI=1S/C25H30F2N2/c1-3-5-7-18-8-10-19(11-9-18)12-13-22-23(26)14-21(15-24(22)27)25-28-16-20(6-4-2)17-29-25/h14-19H,3-11H2,1-2H3. The molecular formula is C25H30F2N2. The van der Waals surface area contributed by atoms with Crippen molar-refractivity contribution in [1.29, 1.82) is 0 Å². The van der Waals surface area contributed by atoms with Gasteiger partial charge in [-0.1, -0.05) is 51.4 Å². The highest BCUT2D eigenvalue weighted by atomic mass is 19.1. The van der Waals surface area contributed by atoms with Gasteiger partial charge in [0, 0.05) is 23.9 Å². The highest BCUT2D eigenvalue weighted by Gasteiger charge is 2.19. The van der Waals surface area contributed by atoms with Crippen LogP contribution in [0, 0.1) is 35.3 Å². The van der Waals surface area contributed by atoms with Crippen LogP contribution in [0.5, 0.6) is 0 Å². The number of aromatic nitrogens is 2. The molecule has 1 aromatic heterocycles. The van der Waals surface area contributed by atoms with Crippen LogP contribution in [-0.2, 0) is 6.42 Å². The molecule has 0 atom stereocenters. The summed E-state index contributed by atoms with van der Waals surface area (Å²) in [6.45, 7) is 4.30. The first-order chi connectivity index (χ1) is 14.1. The maximum atomic E-state index is 14.6. The third kappa shape index (κ3) is 5.85. The van der Waals surface area contributed by atoms with E-state index >= 15 is 0 Å². The molecule has 1 aliphatic rings. The molecule has 154 valence electrons. The molecule has 0 aliphatic heterocycles. The SMILES string of the molecule is CCCCC1CCC(C#Cc2c(F)cc(-c3ncc(CCC)cn3)cc2F)CC1. The molecule has 0 unspecified atom stereocenters. The van der Waals surface area contributed by atoms with Gasteiger partial charge in [0.05, 0.1) is 5.56 Å². The van der Waals surface area contributed by atoms with Crippen LogP contribution in [0.25, 0.3) is 11.4 Å². The van der Waals surface area contributed by atoms with Gasteiger partial charge in [0.15, 0.2) is 5.82 Å². The maximum Gasteiger partial charge on any atom is 0.159 e. The van der Waals surface area contributed by atoms with Gasteiger partial charge in [0.2, 0.25) is 0 Å². The van der Waals surface area contributed by atoms with Crippen LogP contribution >= 0.6 is 0 Å². The quantitative estimate of drug-likeness (QED) is 0.506. The Labute approximate surface area is 173 Å². The molecule has 0 saturated heterocycles. The average Bonchev–Trinajstić information content (AvgIpc) is 2.73. The highest BCUT2D eigenvalue weighted by Crippen LogP contribution is 2.31. The second-order valence-corrected chi connectivity index (χ2v) is 8.11. The lowest BCUT2D eigenvalue weighted by Crippen LogP contribution is -2.13. The van der Waals surface area contributed by atoms with E-state index in [4.69, 9.17) is 0 Å². The molecule has 0 spiro atoms. The Balaban J connectivity index is 1.68. The van der Waals surface area contributed by atoms with Gasteiger partial charge in [-0.3, -0.25) is 0 Å². The molecule has 0 bridgehead atoms. The van der Waals surface area contributed by atoms with Crippen molar-refractivity contribution in [1.82, 2.24) is 9.97 Å². The van der Waals surface area contributed by atoms with E-state index in [0.717, 1.165) is 37.2 Å². The van der Waals surface area contributed by atoms with Crippen molar-refractivity contribution >= 4 is 0 Å².